The minimum absolute atomic E-state index is 0.0208. The highest BCUT2D eigenvalue weighted by Gasteiger charge is 2.24. The molecule has 0 aliphatic carbocycles. The van der Waals surface area contributed by atoms with E-state index in [9.17, 15) is 4.79 Å². The lowest BCUT2D eigenvalue weighted by atomic mass is 9.98. The molecule has 0 bridgehead atoms. The van der Waals surface area contributed by atoms with Crippen molar-refractivity contribution in [2.45, 2.75) is 13.0 Å². The van der Waals surface area contributed by atoms with Crippen molar-refractivity contribution < 1.29 is 9.53 Å². The van der Waals surface area contributed by atoms with Crippen molar-refractivity contribution in [2.24, 2.45) is 0 Å². The zero-order valence-electron chi connectivity index (χ0n) is 9.81. The summed E-state index contributed by atoms with van der Waals surface area (Å²) in [6, 6.07) is 9.28. The zero-order valence-corrected chi connectivity index (χ0v) is 10.6. The third-order valence-corrected chi connectivity index (χ3v) is 4.15. The van der Waals surface area contributed by atoms with Gasteiger partial charge in [0.05, 0.1) is 23.8 Å². The van der Waals surface area contributed by atoms with Crippen LogP contribution in [0.4, 0.5) is 5.00 Å². The molecule has 0 amide bonds. The number of carbonyl (C=O) groups is 1. The molecule has 2 aromatic rings. The summed E-state index contributed by atoms with van der Waals surface area (Å²) in [6.45, 7) is 1.24. The molecule has 3 rings (SSSR count). The van der Waals surface area contributed by atoms with Crippen LogP contribution >= 0.6 is 11.3 Å². The van der Waals surface area contributed by atoms with Gasteiger partial charge in [0, 0.05) is 10.4 Å². The number of ketones is 1. The second-order valence-corrected chi connectivity index (χ2v) is 5.38. The standard InChI is InChI=1S/C14H13NO2S/c15-14-12(10-6-7-17-8-11(10)18-14)13(16)9-4-2-1-3-5-9/h1-5H,6-8,15H2. The van der Waals surface area contributed by atoms with Crippen LogP contribution in [0, 0.1) is 0 Å². The molecule has 18 heavy (non-hydrogen) atoms. The Kier molecular flexibility index (Phi) is 2.89. The molecule has 0 spiro atoms. The van der Waals surface area contributed by atoms with Crippen LogP contribution < -0.4 is 5.73 Å². The number of thiophene rings is 1. The van der Waals surface area contributed by atoms with Crippen molar-refractivity contribution in [2.75, 3.05) is 12.3 Å². The highest BCUT2D eigenvalue weighted by atomic mass is 32.1. The van der Waals surface area contributed by atoms with Gasteiger partial charge in [0.25, 0.3) is 0 Å². The quantitative estimate of drug-likeness (QED) is 0.843. The first kappa shape index (κ1) is 11.4. The number of nitrogen functional groups attached to an aromatic ring is 1. The molecule has 4 heteroatoms. The van der Waals surface area contributed by atoms with E-state index in [-0.39, 0.29) is 5.78 Å². The maximum Gasteiger partial charge on any atom is 0.196 e. The molecule has 0 unspecified atom stereocenters. The lowest BCUT2D eigenvalue weighted by Crippen LogP contribution is -2.12. The van der Waals surface area contributed by atoms with Crippen LogP contribution in [-0.2, 0) is 17.8 Å². The van der Waals surface area contributed by atoms with Crippen LogP contribution in [0.2, 0.25) is 0 Å². The van der Waals surface area contributed by atoms with E-state index in [0.29, 0.717) is 29.3 Å². The maximum absolute atomic E-state index is 12.5. The first-order chi connectivity index (χ1) is 8.77. The monoisotopic (exact) mass is 259 g/mol. The van der Waals surface area contributed by atoms with Crippen LogP contribution in [0.15, 0.2) is 30.3 Å². The van der Waals surface area contributed by atoms with Gasteiger partial charge in [-0.1, -0.05) is 30.3 Å². The van der Waals surface area contributed by atoms with Gasteiger partial charge in [-0.2, -0.15) is 0 Å². The molecule has 0 fully saturated rings. The summed E-state index contributed by atoms with van der Waals surface area (Å²) in [6.07, 6.45) is 0.775. The highest BCUT2D eigenvalue weighted by Crippen LogP contribution is 2.35. The van der Waals surface area contributed by atoms with E-state index >= 15 is 0 Å². The van der Waals surface area contributed by atoms with Crippen molar-refractivity contribution in [3.05, 3.63) is 51.9 Å². The molecule has 2 heterocycles. The average Bonchev–Trinajstić information content (AvgIpc) is 2.75. The van der Waals surface area contributed by atoms with Gasteiger partial charge in [-0.05, 0) is 12.0 Å². The summed E-state index contributed by atoms with van der Waals surface area (Å²) in [5.74, 6) is 0.0208. The van der Waals surface area contributed by atoms with E-state index in [1.54, 1.807) is 0 Å². The minimum Gasteiger partial charge on any atom is -0.390 e. The van der Waals surface area contributed by atoms with Gasteiger partial charge in [-0.25, -0.2) is 0 Å². The first-order valence-electron chi connectivity index (χ1n) is 5.85. The fourth-order valence-corrected chi connectivity index (χ4v) is 3.29. The Bertz CT molecular complexity index is 589. The highest BCUT2D eigenvalue weighted by molar-refractivity contribution is 7.16. The maximum atomic E-state index is 12.5. The van der Waals surface area contributed by atoms with Crippen molar-refractivity contribution in [1.82, 2.24) is 0 Å². The number of rotatable bonds is 2. The molecular weight excluding hydrogens is 246 g/mol. The lowest BCUT2D eigenvalue weighted by molar-refractivity contribution is 0.102. The molecule has 0 saturated carbocycles. The Morgan fingerprint density at radius 3 is 2.83 bits per heavy atom. The van der Waals surface area contributed by atoms with E-state index < -0.39 is 0 Å². The summed E-state index contributed by atoms with van der Waals surface area (Å²) >= 11 is 1.47. The summed E-state index contributed by atoms with van der Waals surface area (Å²) in [5.41, 5.74) is 8.46. The molecular formula is C14H13NO2S. The van der Waals surface area contributed by atoms with Gasteiger partial charge >= 0.3 is 0 Å². The topological polar surface area (TPSA) is 52.3 Å². The van der Waals surface area contributed by atoms with E-state index in [2.05, 4.69) is 0 Å². The van der Waals surface area contributed by atoms with Gasteiger partial charge in [-0.3, -0.25) is 4.79 Å². The van der Waals surface area contributed by atoms with Crippen molar-refractivity contribution in [1.29, 1.82) is 0 Å². The molecule has 0 atom stereocenters. The Labute approximate surface area is 109 Å². The van der Waals surface area contributed by atoms with Gasteiger partial charge in [0.1, 0.15) is 0 Å². The minimum atomic E-state index is 0.0208. The van der Waals surface area contributed by atoms with Gasteiger partial charge < -0.3 is 10.5 Å². The number of hydrogen-bond acceptors (Lipinski definition) is 4. The molecule has 1 aliphatic rings. The van der Waals surface area contributed by atoms with Crippen molar-refractivity contribution in [3.63, 3.8) is 0 Å². The Balaban J connectivity index is 2.07. The van der Waals surface area contributed by atoms with Crippen molar-refractivity contribution >= 4 is 22.1 Å². The summed E-state index contributed by atoms with van der Waals surface area (Å²) in [5, 5.41) is 0.611. The van der Waals surface area contributed by atoms with Gasteiger partial charge in [0.15, 0.2) is 5.78 Å². The summed E-state index contributed by atoms with van der Waals surface area (Å²) in [7, 11) is 0. The van der Waals surface area contributed by atoms with E-state index in [1.807, 2.05) is 30.3 Å². The van der Waals surface area contributed by atoms with Crippen LogP contribution in [0.1, 0.15) is 26.4 Å². The fourth-order valence-electron chi connectivity index (χ4n) is 2.24. The molecule has 2 N–H and O–H groups in total. The molecule has 1 aromatic carbocycles. The number of ether oxygens (including phenoxy) is 1. The molecule has 1 aromatic heterocycles. The van der Waals surface area contributed by atoms with E-state index in [0.717, 1.165) is 16.9 Å². The summed E-state index contributed by atoms with van der Waals surface area (Å²) in [4.78, 5) is 13.6. The van der Waals surface area contributed by atoms with E-state index in [4.69, 9.17) is 10.5 Å². The van der Waals surface area contributed by atoms with E-state index in [1.165, 1.54) is 11.3 Å². The number of carbonyl (C=O) groups excluding carboxylic acids is 1. The SMILES string of the molecule is Nc1sc2c(c1C(=O)c1ccccc1)CCOC2. The Hall–Kier alpha value is -1.65. The second kappa shape index (κ2) is 4.55. The smallest absolute Gasteiger partial charge is 0.196 e. The first-order valence-corrected chi connectivity index (χ1v) is 6.66. The third kappa shape index (κ3) is 1.83. The lowest BCUT2D eigenvalue weighted by Gasteiger charge is -2.13. The number of fused-ring (bicyclic) bond motifs is 1. The summed E-state index contributed by atoms with van der Waals surface area (Å²) < 4.78 is 5.39. The predicted molar refractivity (Wildman–Crippen MR) is 72.0 cm³/mol. The number of hydrogen-bond donors (Lipinski definition) is 1. The Morgan fingerprint density at radius 1 is 1.28 bits per heavy atom. The van der Waals surface area contributed by atoms with Crippen LogP contribution in [-0.4, -0.2) is 12.4 Å². The molecule has 1 aliphatic heterocycles. The molecule has 92 valence electrons. The normalized spacial score (nSPS) is 14.2. The molecule has 0 saturated heterocycles. The van der Waals surface area contributed by atoms with Crippen LogP contribution in [0.5, 0.6) is 0 Å². The second-order valence-electron chi connectivity index (χ2n) is 4.24. The molecule has 3 nitrogen and oxygen atoms in total. The average molecular weight is 259 g/mol. The van der Waals surface area contributed by atoms with Crippen LogP contribution in [0.3, 0.4) is 0 Å². The molecule has 0 radical (unpaired) electrons. The Morgan fingerprint density at radius 2 is 2.06 bits per heavy atom. The van der Waals surface area contributed by atoms with Crippen LogP contribution in [0.25, 0.3) is 0 Å². The number of anilines is 1. The number of nitrogens with two attached hydrogens (primary N) is 1. The third-order valence-electron chi connectivity index (χ3n) is 3.11. The zero-order chi connectivity index (χ0) is 12.5. The van der Waals surface area contributed by atoms with Gasteiger partial charge in [0.2, 0.25) is 0 Å². The fraction of sp³-hybridized carbons (Fsp3) is 0.214. The largest absolute Gasteiger partial charge is 0.390 e. The predicted octanol–water partition coefficient (Wildman–Crippen LogP) is 2.63. The van der Waals surface area contributed by atoms with Gasteiger partial charge in [-0.15, -0.1) is 11.3 Å². The van der Waals surface area contributed by atoms with Crippen molar-refractivity contribution in [3.8, 4) is 0 Å². The number of benzene rings is 1.